The molecule has 0 aromatic heterocycles. The van der Waals surface area contributed by atoms with Crippen molar-refractivity contribution in [1.82, 2.24) is 0 Å². The maximum absolute atomic E-state index is 15.5. The van der Waals surface area contributed by atoms with Gasteiger partial charge in [-0.2, -0.15) is 8.78 Å². The molecule has 30 heavy (non-hydrogen) atoms. The maximum Gasteiger partial charge on any atom is 0.378 e. The van der Waals surface area contributed by atoms with Gasteiger partial charge in [0.1, 0.15) is 5.75 Å². The van der Waals surface area contributed by atoms with Crippen LogP contribution in [0.3, 0.4) is 0 Å². The first-order chi connectivity index (χ1) is 13.7. The van der Waals surface area contributed by atoms with E-state index in [1.165, 1.54) is 6.92 Å². The Balaban J connectivity index is 2.86. The van der Waals surface area contributed by atoms with Crippen molar-refractivity contribution < 1.29 is 23.4 Å². The highest BCUT2D eigenvalue weighted by Gasteiger charge is 2.50. The van der Waals surface area contributed by atoms with E-state index >= 15 is 8.78 Å². The van der Waals surface area contributed by atoms with Crippen LogP contribution in [0.2, 0.25) is 0 Å². The van der Waals surface area contributed by atoms with E-state index in [-0.39, 0.29) is 17.9 Å². The second kappa shape index (κ2) is 8.37. The highest BCUT2D eigenvalue weighted by atomic mass is 19.3. The zero-order valence-electron chi connectivity index (χ0n) is 18.8. The Morgan fingerprint density at radius 2 is 1.40 bits per heavy atom. The molecule has 1 N–H and O–H groups in total. The van der Waals surface area contributed by atoms with Gasteiger partial charge in [-0.15, -0.1) is 0 Å². The highest BCUT2D eigenvalue weighted by Crippen LogP contribution is 2.46. The number of carbonyl (C=O) groups is 1. The lowest BCUT2D eigenvalue weighted by Gasteiger charge is -2.32. The summed E-state index contributed by atoms with van der Waals surface area (Å²) in [5.74, 6) is -6.77. The van der Waals surface area contributed by atoms with Gasteiger partial charge in [0.15, 0.2) is 0 Å². The number of halogens is 2. The molecule has 0 aliphatic rings. The van der Waals surface area contributed by atoms with Crippen LogP contribution in [-0.4, -0.2) is 23.6 Å². The molecule has 2 rings (SSSR count). The van der Waals surface area contributed by atoms with Crippen molar-refractivity contribution in [3.63, 3.8) is 0 Å². The Hall–Kier alpha value is -2.43. The Bertz CT molecular complexity index is 856. The Labute approximate surface area is 178 Å². The summed E-state index contributed by atoms with van der Waals surface area (Å²) in [6, 6.07) is 11.4. The van der Waals surface area contributed by atoms with E-state index in [1.54, 1.807) is 42.5 Å². The molecule has 0 amide bonds. The molecular weight excluding hydrogens is 386 g/mol. The molecule has 5 heteroatoms. The Kier molecular flexibility index (Phi) is 6.65. The number of hydrogen-bond acceptors (Lipinski definition) is 3. The van der Waals surface area contributed by atoms with E-state index in [4.69, 9.17) is 4.74 Å². The number of phenols is 1. The molecule has 0 aliphatic carbocycles. The van der Waals surface area contributed by atoms with E-state index < -0.39 is 28.6 Å². The van der Waals surface area contributed by atoms with Gasteiger partial charge in [-0.05, 0) is 40.0 Å². The van der Waals surface area contributed by atoms with Gasteiger partial charge in [0, 0.05) is 0 Å². The summed E-state index contributed by atoms with van der Waals surface area (Å²) in [7, 11) is 0. The fourth-order valence-corrected chi connectivity index (χ4v) is 3.57. The van der Waals surface area contributed by atoms with Gasteiger partial charge in [0.25, 0.3) is 0 Å². The summed E-state index contributed by atoms with van der Waals surface area (Å²) in [6.45, 7) is 12.9. The zero-order valence-corrected chi connectivity index (χ0v) is 18.8. The molecule has 0 saturated heterocycles. The van der Waals surface area contributed by atoms with Gasteiger partial charge in [0.05, 0.1) is 12.5 Å². The quantitative estimate of drug-likeness (QED) is 0.578. The lowest BCUT2D eigenvalue weighted by molar-refractivity contribution is -0.173. The lowest BCUT2D eigenvalue weighted by atomic mass is 9.75. The topological polar surface area (TPSA) is 46.5 Å². The van der Waals surface area contributed by atoms with Crippen molar-refractivity contribution in [1.29, 1.82) is 0 Å². The third-order valence-corrected chi connectivity index (χ3v) is 5.12. The average Bonchev–Trinajstić information content (AvgIpc) is 2.62. The lowest BCUT2D eigenvalue weighted by Crippen LogP contribution is -2.38. The smallest absolute Gasteiger partial charge is 0.378 e. The predicted molar refractivity (Wildman–Crippen MR) is 115 cm³/mol. The summed E-state index contributed by atoms with van der Waals surface area (Å²) in [5, 5.41) is 11.0. The van der Waals surface area contributed by atoms with Gasteiger partial charge in [-0.25, -0.2) is 4.79 Å². The predicted octanol–water partition coefficient (Wildman–Crippen LogP) is 6.32. The minimum atomic E-state index is -3.78. The highest BCUT2D eigenvalue weighted by molar-refractivity contribution is 5.80. The summed E-state index contributed by atoms with van der Waals surface area (Å²) in [6.07, 6.45) is 0. The molecule has 1 unspecified atom stereocenters. The molecular formula is C25H32F2O3. The molecule has 0 fully saturated rings. The fourth-order valence-electron chi connectivity index (χ4n) is 3.57. The van der Waals surface area contributed by atoms with Crippen LogP contribution < -0.4 is 0 Å². The Morgan fingerprint density at radius 1 is 0.933 bits per heavy atom. The van der Waals surface area contributed by atoms with Crippen molar-refractivity contribution >= 4 is 5.97 Å². The number of aromatic hydroxyl groups is 1. The van der Waals surface area contributed by atoms with Crippen LogP contribution in [0, 0.1) is 0 Å². The molecule has 0 aliphatic heterocycles. The molecule has 0 heterocycles. The standard InChI is InChI=1S/C25H32F2O3/c1-8-30-22(29)25(26,27)20(16-12-10-9-11-13-16)17-14-18(23(2,3)4)21(28)19(15-17)24(5,6)7/h9-15,20,28H,8H2,1-7H3. The monoisotopic (exact) mass is 418 g/mol. The average molecular weight is 419 g/mol. The maximum atomic E-state index is 15.5. The van der Waals surface area contributed by atoms with E-state index in [2.05, 4.69) is 0 Å². The molecule has 0 bridgehead atoms. The molecule has 0 spiro atoms. The summed E-state index contributed by atoms with van der Waals surface area (Å²) >= 11 is 0. The molecule has 1 atom stereocenters. The first-order valence-corrected chi connectivity index (χ1v) is 10.2. The summed E-state index contributed by atoms with van der Waals surface area (Å²) < 4.78 is 35.6. The molecule has 164 valence electrons. The third-order valence-electron chi connectivity index (χ3n) is 5.12. The van der Waals surface area contributed by atoms with Crippen LogP contribution in [0.15, 0.2) is 42.5 Å². The first-order valence-electron chi connectivity index (χ1n) is 10.2. The number of esters is 1. The summed E-state index contributed by atoms with van der Waals surface area (Å²) in [5.41, 5.74) is 0.727. The van der Waals surface area contributed by atoms with E-state index in [0.29, 0.717) is 16.7 Å². The first kappa shape index (κ1) is 23.8. The molecule has 2 aromatic carbocycles. The normalized spacial score (nSPS) is 13.8. The van der Waals surface area contributed by atoms with Crippen molar-refractivity contribution in [3.8, 4) is 5.75 Å². The SMILES string of the molecule is CCOC(=O)C(F)(F)C(c1ccccc1)c1cc(C(C)(C)C)c(O)c(C(C)(C)C)c1. The van der Waals surface area contributed by atoms with Crippen LogP contribution in [0.1, 0.15) is 76.6 Å². The van der Waals surface area contributed by atoms with E-state index in [1.807, 2.05) is 41.5 Å². The van der Waals surface area contributed by atoms with Crippen LogP contribution in [0.4, 0.5) is 8.78 Å². The second-order valence-electron chi connectivity index (χ2n) is 9.65. The van der Waals surface area contributed by atoms with Crippen LogP contribution in [0.25, 0.3) is 0 Å². The Morgan fingerprint density at radius 3 is 1.80 bits per heavy atom. The minimum Gasteiger partial charge on any atom is -0.507 e. The van der Waals surface area contributed by atoms with Crippen LogP contribution in [0.5, 0.6) is 5.75 Å². The largest absolute Gasteiger partial charge is 0.507 e. The van der Waals surface area contributed by atoms with Gasteiger partial charge in [-0.1, -0.05) is 84.0 Å². The number of rotatable bonds is 5. The van der Waals surface area contributed by atoms with Crippen LogP contribution in [-0.2, 0) is 20.4 Å². The van der Waals surface area contributed by atoms with Gasteiger partial charge >= 0.3 is 11.9 Å². The number of hydrogen-bond donors (Lipinski definition) is 1. The van der Waals surface area contributed by atoms with E-state index in [0.717, 1.165) is 0 Å². The van der Waals surface area contributed by atoms with Gasteiger partial charge < -0.3 is 9.84 Å². The molecule has 0 radical (unpaired) electrons. The van der Waals surface area contributed by atoms with Crippen molar-refractivity contribution in [2.45, 2.75) is 71.1 Å². The number of carbonyl (C=O) groups excluding carboxylic acids is 1. The number of phenolic OH excluding ortho intramolecular Hbond substituents is 1. The zero-order chi connectivity index (χ0) is 22.9. The molecule has 0 saturated carbocycles. The second-order valence-corrected chi connectivity index (χ2v) is 9.65. The van der Waals surface area contributed by atoms with Crippen molar-refractivity contribution in [2.24, 2.45) is 0 Å². The molecule has 2 aromatic rings. The number of alkyl halides is 2. The fraction of sp³-hybridized carbons (Fsp3) is 0.480. The van der Waals surface area contributed by atoms with Crippen molar-refractivity contribution in [3.05, 3.63) is 64.7 Å². The van der Waals surface area contributed by atoms with Gasteiger partial charge in [0.2, 0.25) is 0 Å². The number of benzene rings is 2. The minimum absolute atomic E-state index is 0.102. The number of ether oxygens (including phenoxy) is 1. The van der Waals surface area contributed by atoms with Crippen LogP contribution >= 0.6 is 0 Å². The van der Waals surface area contributed by atoms with Crippen molar-refractivity contribution in [2.75, 3.05) is 6.61 Å². The summed E-state index contributed by atoms with van der Waals surface area (Å²) in [4.78, 5) is 12.3. The van der Waals surface area contributed by atoms with Gasteiger partial charge in [-0.3, -0.25) is 0 Å². The van der Waals surface area contributed by atoms with E-state index in [9.17, 15) is 9.90 Å². The molecule has 3 nitrogen and oxygen atoms in total. The third kappa shape index (κ3) is 4.82.